The van der Waals surface area contributed by atoms with Crippen molar-refractivity contribution in [3.8, 4) is 0 Å². The van der Waals surface area contributed by atoms with Gasteiger partial charge in [0, 0.05) is 32.1 Å². The normalized spacial score (nSPS) is 27.2. The Morgan fingerprint density at radius 1 is 1.09 bits per heavy atom. The lowest BCUT2D eigenvalue weighted by Gasteiger charge is -2.33. The number of aryl methyl sites for hydroxylation is 1. The van der Waals surface area contributed by atoms with Crippen LogP contribution in [0.1, 0.15) is 63.5 Å². The summed E-state index contributed by atoms with van der Waals surface area (Å²) in [6, 6.07) is 8.20. The highest BCUT2D eigenvalue weighted by Crippen LogP contribution is 2.31. The van der Waals surface area contributed by atoms with Gasteiger partial charge in [-0.15, -0.1) is 0 Å². The Kier molecular flexibility index (Phi) is 8.55. The van der Waals surface area contributed by atoms with E-state index in [0.717, 1.165) is 51.5 Å². The van der Waals surface area contributed by atoms with Crippen LogP contribution < -0.4 is 5.32 Å². The van der Waals surface area contributed by atoms with E-state index in [1.54, 1.807) is 0 Å². The number of nitrogens with one attached hydrogen (secondary N) is 1. The smallest absolute Gasteiger partial charge is 0.240 e. The lowest BCUT2D eigenvalue weighted by molar-refractivity contribution is -0.176. The highest BCUT2D eigenvalue weighted by atomic mass is 16.7. The van der Waals surface area contributed by atoms with Gasteiger partial charge >= 0.3 is 0 Å². The molecule has 1 aromatic carbocycles. The van der Waals surface area contributed by atoms with E-state index in [0.29, 0.717) is 32.1 Å². The molecule has 0 spiro atoms. The van der Waals surface area contributed by atoms with Crippen LogP contribution in [-0.4, -0.2) is 61.3 Å². The maximum atomic E-state index is 13.5. The lowest BCUT2D eigenvalue weighted by atomic mass is 9.80. The van der Waals surface area contributed by atoms with E-state index < -0.39 is 12.3 Å². The third-order valence-corrected chi connectivity index (χ3v) is 7.71. The van der Waals surface area contributed by atoms with Crippen LogP contribution >= 0.6 is 0 Å². The van der Waals surface area contributed by atoms with Gasteiger partial charge in [-0.25, -0.2) is 0 Å². The first-order chi connectivity index (χ1) is 16.1. The molecule has 0 radical (unpaired) electrons. The van der Waals surface area contributed by atoms with Gasteiger partial charge in [0.25, 0.3) is 0 Å². The second-order valence-electron chi connectivity index (χ2n) is 9.73. The summed E-state index contributed by atoms with van der Waals surface area (Å²) in [6.07, 6.45) is 7.02. The van der Waals surface area contributed by atoms with Gasteiger partial charge in [0.05, 0.1) is 12.1 Å². The number of carbonyl (C=O) groups is 2. The number of hydrogen-bond acceptors (Lipinski definition) is 5. The van der Waals surface area contributed by atoms with Crippen molar-refractivity contribution in [2.24, 2.45) is 11.8 Å². The molecule has 2 aliphatic heterocycles. The average molecular weight is 457 g/mol. The van der Waals surface area contributed by atoms with Crippen molar-refractivity contribution in [2.45, 2.75) is 83.6 Å². The van der Waals surface area contributed by atoms with Crippen LogP contribution in [0.5, 0.6) is 0 Å². The van der Waals surface area contributed by atoms with Gasteiger partial charge in [-0.3, -0.25) is 9.59 Å². The van der Waals surface area contributed by atoms with E-state index >= 15 is 0 Å². The minimum atomic E-state index is -0.408. The Labute approximate surface area is 198 Å². The summed E-state index contributed by atoms with van der Waals surface area (Å²) >= 11 is 0. The Balaban J connectivity index is 1.34. The molecule has 3 aliphatic rings. The predicted molar refractivity (Wildman–Crippen MR) is 128 cm³/mol. The first-order valence-electron chi connectivity index (χ1n) is 13.0. The van der Waals surface area contributed by atoms with Crippen molar-refractivity contribution in [3.63, 3.8) is 0 Å². The molecule has 2 saturated heterocycles. The van der Waals surface area contributed by atoms with Gasteiger partial charge in [-0.1, -0.05) is 24.3 Å². The SMILES string of the molecule is CCOC(OCC)C1CCCN1C(=O)[C@H]1NCCC1C(=O)CC[C@@H]1CCc2ccccc2C1. The Morgan fingerprint density at radius 2 is 1.85 bits per heavy atom. The van der Waals surface area contributed by atoms with Gasteiger partial charge in [0.2, 0.25) is 5.91 Å². The maximum absolute atomic E-state index is 13.5. The number of hydrogen-bond donors (Lipinski definition) is 1. The number of fused-ring (bicyclic) bond motifs is 1. The Bertz CT molecular complexity index is 807. The van der Waals surface area contributed by atoms with Crippen LogP contribution in [0.3, 0.4) is 0 Å². The second-order valence-corrected chi connectivity index (χ2v) is 9.73. The van der Waals surface area contributed by atoms with Crippen molar-refractivity contribution in [3.05, 3.63) is 35.4 Å². The van der Waals surface area contributed by atoms with Gasteiger partial charge in [0.15, 0.2) is 6.29 Å². The molecule has 6 heteroatoms. The highest BCUT2D eigenvalue weighted by Gasteiger charge is 2.44. The van der Waals surface area contributed by atoms with Gasteiger partial charge < -0.3 is 19.7 Å². The topological polar surface area (TPSA) is 67.9 Å². The van der Waals surface area contributed by atoms with Crippen LogP contribution in [0, 0.1) is 11.8 Å². The summed E-state index contributed by atoms with van der Waals surface area (Å²) in [5.41, 5.74) is 2.90. The van der Waals surface area contributed by atoms with Crippen molar-refractivity contribution in [2.75, 3.05) is 26.3 Å². The molecule has 0 saturated carbocycles. The molecular formula is C27H40N2O4. The van der Waals surface area contributed by atoms with Gasteiger partial charge in [-0.2, -0.15) is 0 Å². The average Bonchev–Trinajstić information content (AvgIpc) is 3.52. The number of ether oxygens (including phenoxy) is 2. The summed E-state index contributed by atoms with van der Waals surface area (Å²) < 4.78 is 11.6. The molecule has 0 bridgehead atoms. The molecule has 1 aliphatic carbocycles. The summed E-state index contributed by atoms with van der Waals surface area (Å²) in [7, 11) is 0. The minimum Gasteiger partial charge on any atom is -0.351 e. The van der Waals surface area contributed by atoms with E-state index in [-0.39, 0.29) is 23.7 Å². The number of Topliss-reactive ketones (excluding diaryl/α,β-unsaturated/α-hetero) is 1. The van der Waals surface area contributed by atoms with Crippen molar-refractivity contribution >= 4 is 11.7 Å². The molecule has 1 aromatic rings. The zero-order valence-electron chi connectivity index (χ0n) is 20.3. The molecule has 4 rings (SSSR count). The molecule has 4 atom stereocenters. The molecule has 2 heterocycles. The fourth-order valence-corrected chi connectivity index (χ4v) is 5.99. The number of benzene rings is 1. The van der Waals surface area contributed by atoms with Crippen LogP contribution in [-0.2, 0) is 31.9 Å². The molecule has 6 nitrogen and oxygen atoms in total. The first-order valence-corrected chi connectivity index (χ1v) is 13.0. The minimum absolute atomic E-state index is 0.0457. The molecule has 1 amide bonds. The third-order valence-electron chi connectivity index (χ3n) is 7.71. The first kappa shape index (κ1) is 24.4. The van der Waals surface area contributed by atoms with Crippen molar-refractivity contribution in [1.29, 1.82) is 0 Å². The maximum Gasteiger partial charge on any atom is 0.240 e. The van der Waals surface area contributed by atoms with E-state index in [1.807, 2.05) is 18.7 Å². The molecule has 33 heavy (non-hydrogen) atoms. The highest BCUT2D eigenvalue weighted by molar-refractivity contribution is 5.92. The summed E-state index contributed by atoms with van der Waals surface area (Å²) in [5.74, 6) is 0.643. The van der Waals surface area contributed by atoms with Gasteiger partial charge in [-0.05, 0) is 82.4 Å². The summed E-state index contributed by atoms with van der Waals surface area (Å²) in [4.78, 5) is 28.7. The standard InChI is InChI=1S/C27H40N2O4/c1-3-32-27(33-4-2)23-10-7-17-29(23)26(31)25-22(15-16-28-25)24(30)14-12-19-11-13-20-8-5-6-9-21(20)18-19/h5-6,8-9,19,22-23,25,27-28H,3-4,7,10-18H2,1-2H3/t19-,22?,23?,25-/m0/s1. The van der Waals surface area contributed by atoms with Crippen molar-refractivity contribution in [1.82, 2.24) is 10.2 Å². The lowest BCUT2D eigenvalue weighted by Crippen LogP contribution is -2.53. The number of likely N-dealkylation sites (tertiary alicyclic amines) is 1. The molecule has 1 N–H and O–H groups in total. The number of rotatable bonds is 10. The predicted octanol–water partition coefficient (Wildman–Crippen LogP) is 3.51. The molecule has 2 fully saturated rings. The van der Waals surface area contributed by atoms with Crippen LogP contribution in [0.25, 0.3) is 0 Å². The zero-order valence-corrected chi connectivity index (χ0v) is 20.3. The molecule has 0 aromatic heterocycles. The fourth-order valence-electron chi connectivity index (χ4n) is 5.99. The number of ketones is 1. The van der Waals surface area contributed by atoms with Crippen LogP contribution in [0.15, 0.2) is 24.3 Å². The van der Waals surface area contributed by atoms with Gasteiger partial charge in [0.1, 0.15) is 5.78 Å². The fraction of sp³-hybridized carbons (Fsp3) is 0.704. The molecular weight excluding hydrogens is 416 g/mol. The summed E-state index contributed by atoms with van der Waals surface area (Å²) in [5, 5.41) is 3.35. The van der Waals surface area contributed by atoms with Crippen molar-refractivity contribution < 1.29 is 19.1 Å². The van der Waals surface area contributed by atoms with E-state index in [9.17, 15) is 9.59 Å². The molecule has 2 unspecified atom stereocenters. The van der Waals surface area contributed by atoms with Crippen LogP contribution in [0.2, 0.25) is 0 Å². The van der Waals surface area contributed by atoms with Crippen LogP contribution in [0.4, 0.5) is 0 Å². The number of nitrogens with zero attached hydrogens (tertiary/aromatic N) is 1. The van der Waals surface area contributed by atoms with E-state index in [4.69, 9.17) is 9.47 Å². The Morgan fingerprint density at radius 3 is 2.61 bits per heavy atom. The summed E-state index contributed by atoms with van der Waals surface area (Å²) in [6.45, 7) is 6.44. The zero-order chi connectivity index (χ0) is 23.2. The third kappa shape index (κ3) is 5.67. The van der Waals surface area contributed by atoms with E-state index in [2.05, 4.69) is 29.6 Å². The number of amides is 1. The Hall–Kier alpha value is -1.76. The quantitative estimate of drug-likeness (QED) is 0.546. The number of carbonyl (C=O) groups excluding carboxylic acids is 2. The molecule has 182 valence electrons. The monoisotopic (exact) mass is 456 g/mol. The van der Waals surface area contributed by atoms with E-state index in [1.165, 1.54) is 11.1 Å². The largest absolute Gasteiger partial charge is 0.351 e. The second kappa shape index (κ2) is 11.6.